The molecule has 0 heterocycles. The summed E-state index contributed by atoms with van der Waals surface area (Å²) in [5.74, 6) is 1.59. The van der Waals surface area contributed by atoms with Crippen LogP contribution >= 0.6 is 11.8 Å². The van der Waals surface area contributed by atoms with Crippen LogP contribution in [0.25, 0.3) is 0 Å². The van der Waals surface area contributed by atoms with Gasteiger partial charge in [-0.05, 0) is 38.5 Å². The molecule has 0 amide bonds. The van der Waals surface area contributed by atoms with Gasteiger partial charge in [0.25, 0.3) is 0 Å². The highest BCUT2D eigenvalue weighted by Gasteiger charge is 2.30. The number of carbonyl (C=O) groups excluding carboxylic acids is 1. The molecular formula is C33H64O2S. The van der Waals surface area contributed by atoms with E-state index < -0.39 is 0 Å². The Balaban J connectivity index is 0.00000596. The maximum absolute atomic E-state index is 12.1. The normalized spacial score (nSPS) is 15.7. The van der Waals surface area contributed by atoms with Crippen LogP contribution in [0.15, 0.2) is 11.6 Å². The molecular weight excluding hydrogens is 460 g/mol. The van der Waals surface area contributed by atoms with Crippen LogP contribution in [0.5, 0.6) is 0 Å². The van der Waals surface area contributed by atoms with E-state index in [-0.39, 0.29) is 10.7 Å². The summed E-state index contributed by atoms with van der Waals surface area (Å²) in [6.45, 7) is 13.8. The van der Waals surface area contributed by atoms with Crippen molar-refractivity contribution in [3.8, 4) is 0 Å². The maximum Gasteiger partial charge on any atom is 0.306 e. The Morgan fingerprint density at radius 3 is 1.78 bits per heavy atom. The van der Waals surface area contributed by atoms with Crippen LogP contribution in [0, 0.1) is 5.92 Å². The van der Waals surface area contributed by atoms with E-state index >= 15 is 0 Å². The van der Waals surface area contributed by atoms with E-state index in [9.17, 15) is 4.79 Å². The quantitative estimate of drug-likeness (QED) is 0.0800. The van der Waals surface area contributed by atoms with Crippen LogP contribution in [0.1, 0.15) is 170 Å². The smallest absolute Gasteiger partial charge is 0.306 e. The van der Waals surface area contributed by atoms with Gasteiger partial charge in [0.1, 0.15) is 0 Å². The largest absolute Gasteiger partial charge is 0.466 e. The molecule has 0 N–H and O–H groups in total. The number of carbonyl (C=O) groups is 1. The summed E-state index contributed by atoms with van der Waals surface area (Å²) in [4.78, 5) is 12.1. The fourth-order valence-corrected chi connectivity index (χ4v) is 6.26. The molecule has 0 fully saturated rings. The molecule has 0 saturated heterocycles. The van der Waals surface area contributed by atoms with Gasteiger partial charge in [0.2, 0.25) is 0 Å². The molecule has 0 aromatic heterocycles. The SMILES string of the molecule is CC.CCCCCCCCCCCCCCCCCCOC(=O)CCSC(C)(C)C1CC=C(C)CC1. The van der Waals surface area contributed by atoms with Crippen LogP contribution in [0.2, 0.25) is 0 Å². The third-order valence-corrected chi connectivity index (χ3v) is 9.15. The van der Waals surface area contributed by atoms with E-state index in [1.54, 1.807) is 0 Å². The topological polar surface area (TPSA) is 26.3 Å². The first-order valence-electron chi connectivity index (χ1n) is 15.9. The molecule has 0 aliphatic heterocycles. The minimum atomic E-state index is -0.0105. The zero-order chi connectivity index (χ0) is 26.9. The molecule has 0 radical (unpaired) electrons. The summed E-state index contributed by atoms with van der Waals surface area (Å²) in [5.41, 5.74) is 1.54. The van der Waals surface area contributed by atoms with Gasteiger partial charge < -0.3 is 4.74 Å². The van der Waals surface area contributed by atoms with Crippen molar-refractivity contribution < 1.29 is 9.53 Å². The monoisotopic (exact) mass is 524 g/mol. The van der Waals surface area contributed by atoms with E-state index in [0.717, 1.165) is 18.1 Å². The molecule has 0 aromatic rings. The average Bonchev–Trinajstić information content (AvgIpc) is 2.87. The van der Waals surface area contributed by atoms with Crippen molar-refractivity contribution >= 4 is 17.7 Å². The predicted octanol–water partition coefficient (Wildman–Crippen LogP) is 11.5. The van der Waals surface area contributed by atoms with E-state index in [1.807, 2.05) is 25.6 Å². The Morgan fingerprint density at radius 2 is 1.33 bits per heavy atom. The van der Waals surface area contributed by atoms with Crippen molar-refractivity contribution in [3.63, 3.8) is 0 Å². The lowest BCUT2D eigenvalue weighted by Crippen LogP contribution is -2.29. The van der Waals surface area contributed by atoms with Crippen LogP contribution < -0.4 is 0 Å². The summed E-state index contributed by atoms with van der Waals surface area (Å²) in [6.07, 6.45) is 28.6. The van der Waals surface area contributed by atoms with Gasteiger partial charge in [-0.3, -0.25) is 4.79 Å². The Morgan fingerprint density at radius 1 is 0.861 bits per heavy atom. The van der Waals surface area contributed by atoms with E-state index in [1.165, 1.54) is 121 Å². The lowest BCUT2D eigenvalue weighted by atomic mass is 9.82. The predicted molar refractivity (Wildman–Crippen MR) is 164 cm³/mol. The van der Waals surface area contributed by atoms with Gasteiger partial charge in [0.15, 0.2) is 0 Å². The second-order valence-corrected chi connectivity index (χ2v) is 13.0. The summed E-state index contributed by atoms with van der Waals surface area (Å²) in [6, 6.07) is 0. The number of thioether (sulfide) groups is 1. The second kappa shape index (κ2) is 24.9. The third-order valence-electron chi connectivity index (χ3n) is 7.66. The van der Waals surface area contributed by atoms with Gasteiger partial charge in [-0.25, -0.2) is 0 Å². The highest BCUT2D eigenvalue weighted by molar-refractivity contribution is 8.00. The first-order valence-corrected chi connectivity index (χ1v) is 16.9. The summed E-state index contributed by atoms with van der Waals surface area (Å²) < 4.78 is 5.72. The van der Waals surface area contributed by atoms with Crippen LogP contribution in [-0.2, 0) is 9.53 Å². The Kier molecular flexibility index (Phi) is 24.6. The van der Waals surface area contributed by atoms with Gasteiger partial charge >= 0.3 is 5.97 Å². The fourth-order valence-electron chi connectivity index (χ4n) is 5.02. The molecule has 1 rings (SSSR count). The Labute approximate surface area is 231 Å². The molecule has 1 aliphatic rings. The number of allylic oxidation sites excluding steroid dienone is 2. The summed E-state index contributed by atoms with van der Waals surface area (Å²) in [7, 11) is 0. The standard InChI is InChI=1S/C31H58O2S.C2H6/c1-5-6-7-8-9-10-11-12-13-14-15-16-17-18-19-20-26-33-30(32)25-27-34-31(3,4)29-23-21-28(2)22-24-29;1-2/h21,29H,5-20,22-27H2,1-4H3;1-2H3. The molecule has 1 unspecified atom stereocenters. The number of rotatable bonds is 22. The van der Waals surface area contributed by atoms with Crippen molar-refractivity contribution in [3.05, 3.63) is 11.6 Å². The van der Waals surface area contributed by atoms with Crippen LogP contribution in [0.3, 0.4) is 0 Å². The molecule has 0 aromatic carbocycles. The van der Waals surface area contributed by atoms with Gasteiger partial charge in [-0.1, -0.05) is 143 Å². The molecule has 1 aliphatic carbocycles. The van der Waals surface area contributed by atoms with E-state index in [4.69, 9.17) is 4.74 Å². The van der Waals surface area contributed by atoms with Crippen molar-refractivity contribution in [1.29, 1.82) is 0 Å². The minimum absolute atomic E-state index is 0.0105. The molecule has 0 spiro atoms. The van der Waals surface area contributed by atoms with Gasteiger partial charge in [0.05, 0.1) is 13.0 Å². The molecule has 2 nitrogen and oxygen atoms in total. The minimum Gasteiger partial charge on any atom is -0.466 e. The highest BCUT2D eigenvalue weighted by atomic mass is 32.2. The Bertz CT molecular complexity index is 526. The molecule has 214 valence electrons. The zero-order valence-corrected chi connectivity index (χ0v) is 26.3. The lowest BCUT2D eigenvalue weighted by molar-refractivity contribution is -0.143. The van der Waals surface area contributed by atoms with E-state index in [2.05, 4.69) is 33.8 Å². The number of unbranched alkanes of at least 4 members (excludes halogenated alkanes) is 15. The van der Waals surface area contributed by atoms with Gasteiger partial charge in [0, 0.05) is 10.5 Å². The molecule has 36 heavy (non-hydrogen) atoms. The average molecular weight is 525 g/mol. The van der Waals surface area contributed by atoms with Crippen molar-refractivity contribution in [1.82, 2.24) is 0 Å². The summed E-state index contributed by atoms with van der Waals surface area (Å²) >= 11 is 1.95. The number of ether oxygens (including phenoxy) is 1. The van der Waals surface area contributed by atoms with Crippen LogP contribution in [-0.4, -0.2) is 23.1 Å². The Hall–Kier alpha value is -0.440. The molecule has 0 saturated carbocycles. The summed E-state index contributed by atoms with van der Waals surface area (Å²) in [5, 5.41) is 0. The van der Waals surface area contributed by atoms with Crippen LogP contribution in [0.4, 0.5) is 0 Å². The molecule has 3 heteroatoms. The zero-order valence-electron chi connectivity index (χ0n) is 25.4. The molecule has 1 atom stereocenters. The second-order valence-electron chi connectivity index (χ2n) is 11.2. The lowest BCUT2D eigenvalue weighted by Gasteiger charge is -2.35. The highest BCUT2D eigenvalue weighted by Crippen LogP contribution is 2.40. The van der Waals surface area contributed by atoms with Crippen molar-refractivity contribution in [2.75, 3.05) is 12.4 Å². The maximum atomic E-state index is 12.1. The molecule has 0 bridgehead atoms. The van der Waals surface area contributed by atoms with Crippen molar-refractivity contribution in [2.45, 2.75) is 175 Å². The number of hydrogen-bond donors (Lipinski definition) is 0. The van der Waals surface area contributed by atoms with Crippen molar-refractivity contribution in [2.24, 2.45) is 5.92 Å². The van der Waals surface area contributed by atoms with Gasteiger partial charge in [-0.2, -0.15) is 11.8 Å². The first-order chi connectivity index (χ1) is 17.5. The van der Waals surface area contributed by atoms with Gasteiger partial charge in [-0.15, -0.1) is 0 Å². The third kappa shape index (κ3) is 20.6. The van der Waals surface area contributed by atoms with E-state index in [0.29, 0.717) is 13.0 Å². The first kappa shape index (κ1) is 35.6. The fraction of sp³-hybridized carbons (Fsp3) is 0.909. The number of esters is 1. The number of hydrogen-bond acceptors (Lipinski definition) is 3.